The molecule has 0 unspecified atom stereocenters. The van der Waals surface area contributed by atoms with Crippen molar-refractivity contribution in [3.63, 3.8) is 0 Å². The molecule has 2 N–H and O–H groups in total. The Morgan fingerprint density at radius 3 is 2.26 bits per heavy atom. The van der Waals surface area contributed by atoms with Crippen LogP contribution in [0.25, 0.3) is 0 Å². The zero-order valence-corrected chi connectivity index (χ0v) is 16.8. The monoisotopic (exact) mass is 435 g/mol. The highest BCUT2D eigenvalue weighted by molar-refractivity contribution is 5.79. The van der Waals surface area contributed by atoms with Crippen molar-refractivity contribution in [3.8, 4) is 5.75 Å². The average molecular weight is 435 g/mol. The van der Waals surface area contributed by atoms with Crippen LogP contribution in [0.1, 0.15) is 24.0 Å². The molecular formula is C22H24F3N3O3. The van der Waals surface area contributed by atoms with Crippen molar-refractivity contribution in [2.75, 3.05) is 13.1 Å². The quantitative estimate of drug-likeness (QED) is 0.725. The lowest BCUT2D eigenvalue weighted by Gasteiger charge is -2.31. The third-order valence-electron chi connectivity index (χ3n) is 5.09. The first kappa shape index (κ1) is 22.5. The standard InChI is InChI=1S/C22H24F3N3O3/c23-22(24,25)31-19-9-5-4-8-18(19)15-27-21(30)28-12-10-17(11-13-28)20(29)26-14-16-6-2-1-3-7-16/h1-9,17H,10-15H2,(H,26,29)(H,27,30). The van der Waals surface area contributed by atoms with Gasteiger partial charge in [0, 0.05) is 37.7 Å². The maximum absolute atomic E-state index is 12.5. The van der Waals surface area contributed by atoms with Crippen molar-refractivity contribution in [2.24, 2.45) is 5.92 Å². The Balaban J connectivity index is 1.44. The topological polar surface area (TPSA) is 70.7 Å². The molecule has 1 fully saturated rings. The van der Waals surface area contributed by atoms with E-state index < -0.39 is 6.36 Å². The number of rotatable bonds is 6. The molecule has 3 rings (SSSR count). The highest BCUT2D eigenvalue weighted by Gasteiger charge is 2.32. The highest BCUT2D eigenvalue weighted by atomic mass is 19.4. The van der Waals surface area contributed by atoms with Crippen LogP contribution < -0.4 is 15.4 Å². The fourth-order valence-electron chi connectivity index (χ4n) is 3.43. The van der Waals surface area contributed by atoms with Crippen LogP contribution in [0.4, 0.5) is 18.0 Å². The Hall–Kier alpha value is -3.23. The number of amides is 3. The lowest BCUT2D eigenvalue weighted by molar-refractivity contribution is -0.274. The Bertz CT molecular complexity index is 882. The van der Waals surface area contributed by atoms with Gasteiger partial charge in [-0.3, -0.25) is 4.79 Å². The van der Waals surface area contributed by atoms with Crippen LogP contribution in [0, 0.1) is 5.92 Å². The molecule has 2 aromatic carbocycles. The predicted molar refractivity (Wildman–Crippen MR) is 108 cm³/mol. The van der Waals surface area contributed by atoms with Crippen LogP contribution in [-0.4, -0.2) is 36.3 Å². The summed E-state index contributed by atoms with van der Waals surface area (Å²) in [5.74, 6) is -0.556. The summed E-state index contributed by atoms with van der Waals surface area (Å²) in [5.41, 5.74) is 1.24. The number of carbonyl (C=O) groups is 2. The minimum absolute atomic E-state index is 0.0397. The van der Waals surface area contributed by atoms with Gasteiger partial charge in [-0.05, 0) is 24.5 Å². The van der Waals surface area contributed by atoms with Gasteiger partial charge >= 0.3 is 12.4 Å². The molecule has 0 radical (unpaired) electrons. The number of carbonyl (C=O) groups excluding carboxylic acids is 2. The molecule has 6 nitrogen and oxygen atoms in total. The van der Waals surface area contributed by atoms with E-state index in [0.717, 1.165) is 5.56 Å². The largest absolute Gasteiger partial charge is 0.573 e. The molecule has 0 atom stereocenters. The van der Waals surface area contributed by atoms with Gasteiger partial charge in [0.15, 0.2) is 0 Å². The first-order chi connectivity index (χ1) is 14.8. The van der Waals surface area contributed by atoms with Gasteiger partial charge in [-0.2, -0.15) is 0 Å². The number of piperidine rings is 1. The summed E-state index contributed by atoms with van der Waals surface area (Å²) in [6.45, 7) is 1.16. The number of alkyl halides is 3. The van der Waals surface area contributed by atoms with Gasteiger partial charge in [0.25, 0.3) is 0 Å². The molecule has 0 aliphatic carbocycles. The van der Waals surface area contributed by atoms with E-state index in [1.165, 1.54) is 18.2 Å². The molecule has 0 bridgehead atoms. The molecule has 1 aliphatic heterocycles. The van der Waals surface area contributed by atoms with Gasteiger partial charge in [0.2, 0.25) is 5.91 Å². The third-order valence-corrected chi connectivity index (χ3v) is 5.09. The summed E-state index contributed by atoms with van der Waals surface area (Å²) >= 11 is 0. The number of benzene rings is 2. The van der Waals surface area contributed by atoms with E-state index in [4.69, 9.17) is 0 Å². The van der Waals surface area contributed by atoms with Gasteiger partial charge in [-0.15, -0.1) is 13.2 Å². The van der Waals surface area contributed by atoms with E-state index in [1.807, 2.05) is 30.3 Å². The third kappa shape index (κ3) is 6.91. The number of nitrogens with one attached hydrogen (secondary N) is 2. The SMILES string of the molecule is O=C(NCc1ccccc1)C1CCN(C(=O)NCc2ccccc2OC(F)(F)F)CC1. The van der Waals surface area contributed by atoms with Crippen molar-refractivity contribution in [1.29, 1.82) is 0 Å². The summed E-state index contributed by atoms with van der Waals surface area (Å²) in [6, 6.07) is 14.9. The molecule has 2 aromatic rings. The normalized spacial score (nSPS) is 14.7. The Kier molecular flexibility index (Phi) is 7.38. The summed E-state index contributed by atoms with van der Waals surface area (Å²) in [6.07, 6.45) is -3.74. The average Bonchev–Trinajstić information content (AvgIpc) is 2.76. The number of hydrogen-bond acceptors (Lipinski definition) is 3. The summed E-state index contributed by atoms with van der Waals surface area (Å²) < 4.78 is 41.5. The van der Waals surface area contributed by atoms with Crippen LogP contribution in [-0.2, 0) is 17.9 Å². The zero-order valence-electron chi connectivity index (χ0n) is 16.8. The number of hydrogen-bond donors (Lipinski definition) is 2. The van der Waals surface area contributed by atoms with Gasteiger partial charge in [0.1, 0.15) is 5.75 Å². The fraction of sp³-hybridized carbons (Fsp3) is 0.364. The minimum atomic E-state index is -4.80. The molecule has 3 amide bonds. The molecule has 166 valence electrons. The van der Waals surface area contributed by atoms with E-state index >= 15 is 0 Å². The van der Waals surface area contributed by atoms with Crippen LogP contribution in [0.15, 0.2) is 54.6 Å². The Morgan fingerprint density at radius 2 is 1.58 bits per heavy atom. The highest BCUT2D eigenvalue weighted by Crippen LogP contribution is 2.26. The molecule has 0 saturated carbocycles. The predicted octanol–water partition coefficient (Wildman–Crippen LogP) is 3.82. The van der Waals surface area contributed by atoms with Crippen molar-refractivity contribution in [3.05, 3.63) is 65.7 Å². The first-order valence-corrected chi connectivity index (χ1v) is 10.00. The minimum Gasteiger partial charge on any atom is -0.405 e. The maximum atomic E-state index is 12.5. The van der Waals surface area contributed by atoms with Crippen LogP contribution >= 0.6 is 0 Å². The second-order valence-electron chi connectivity index (χ2n) is 7.28. The number of para-hydroxylation sites is 1. The van der Waals surface area contributed by atoms with E-state index in [0.29, 0.717) is 32.5 Å². The molecule has 9 heteroatoms. The van der Waals surface area contributed by atoms with E-state index in [1.54, 1.807) is 11.0 Å². The van der Waals surface area contributed by atoms with Gasteiger partial charge in [-0.25, -0.2) is 4.79 Å². The number of nitrogens with zero attached hydrogens (tertiary/aromatic N) is 1. The van der Waals surface area contributed by atoms with Crippen molar-refractivity contribution >= 4 is 11.9 Å². The fourth-order valence-corrected chi connectivity index (χ4v) is 3.43. The molecule has 0 spiro atoms. The van der Waals surface area contributed by atoms with Gasteiger partial charge in [0.05, 0.1) is 0 Å². The van der Waals surface area contributed by atoms with Gasteiger partial charge < -0.3 is 20.3 Å². The number of ether oxygens (including phenoxy) is 1. The number of likely N-dealkylation sites (tertiary alicyclic amines) is 1. The second-order valence-corrected chi connectivity index (χ2v) is 7.28. The molecule has 1 heterocycles. The Labute approximate surface area is 178 Å². The van der Waals surface area contributed by atoms with E-state index in [-0.39, 0.29) is 35.7 Å². The second kappa shape index (κ2) is 10.2. The molecule has 1 saturated heterocycles. The Morgan fingerprint density at radius 1 is 0.935 bits per heavy atom. The van der Waals surface area contributed by atoms with E-state index in [9.17, 15) is 22.8 Å². The molecule has 31 heavy (non-hydrogen) atoms. The van der Waals surface area contributed by atoms with Crippen LogP contribution in [0.5, 0.6) is 5.75 Å². The number of halogens is 3. The number of urea groups is 1. The van der Waals surface area contributed by atoms with Crippen molar-refractivity contribution in [2.45, 2.75) is 32.3 Å². The molecule has 1 aliphatic rings. The maximum Gasteiger partial charge on any atom is 0.573 e. The summed E-state index contributed by atoms with van der Waals surface area (Å²) in [7, 11) is 0. The lowest BCUT2D eigenvalue weighted by Crippen LogP contribution is -2.46. The van der Waals surface area contributed by atoms with E-state index in [2.05, 4.69) is 15.4 Å². The molecule has 0 aromatic heterocycles. The zero-order chi connectivity index (χ0) is 22.3. The van der Waals surface area contributed by atoms with Crippen LogP contribution in [0.2, 0.25) is 0 Å². The van der Waals surface area contributed by atoms with Crippen molar-refractivity contribution in [1.82, 2.24) is 15.5 Å². The smallest absolute Gasteiger partial charge is 0.405 e. The summed E-state index contributed by atoms with van der Waals surface area (Å²) in [4.78, 5) is 26.3. The lowest BCUT2D eigenvalue weighted by atomic mass is 9.96. The van der Waals surface area contributed by atoms with Crippen LogP contribution in [0.3, 0.4) is 0 Å². The van der Waals surface area contributed by atoms with Gasteiger partial charge in [-0.1, -0.05) is 48.5 Å². The van der Waals surface area contributed by atoms with Crippen molar-refractivity contribution < 1.29 is 27.5 Å². The first-order valence-electron chi connectivity index (χ1n) is 10.00. The summed E-state index contributed by atoms with van der Waals surface area (Å²) in [5, 5.41) is 5.55. The molecular weight excluding hydrogens is 411 g/mol.